The predicted molar refractivity (Wildman–Crippen MR) is 77.7 cm³/mol. The van der Waals surface area contributed by atoms with Crippen molar-refractivity contribution in [2.45, 2.75) is 20.4 Å². The molecule has 6 nitrogen and oxygen atoms in total. The van der Waals surface area contributed by atoms with Gasteiger partial charge in [0.25, 0.3) is 5.91 Å². The molecule has 0 aliphatic heterocycles. The van der Waals surface area contributed by atoms with Crippen molar-refractivity contribution >= 4 is 17.8 Å². The number of carboxylic acid groups (broad SMARTS) is 1. The van der Waals surface area contributed by atoms with Crippen molar-refractivity contribution < 1.29 is 19.5 Å². The number of rotatable bonds is 5. The lowest BCUT2D eigenvalue weighted by molar-refractivity contribution is -0.133. The van der Waals surface area contributed by atoms with Crippen molar-refractivity contribution in [3.05, 3.63) is 46.5 Å². The third-order valence-electron chi connectivity index (χ3n) is 3.12. The van der Waals surface area contributed by atoms with Crippen LogP contribution in [0.1, 0.15) is 29.8 Å². The lowest BCUT2D eigenvalue weighted by Gasteiger charge is -2.08. The molecule has 0 atom stereocenters. The first-order valence-corrected chi connectivity index (χ1v) is 6.36. The monoisotopic (exact) mass is 290 g/mol. The molecule has 0 fully saturated rings. The fraction of sp³-hybridized carbons (Fsp3) is 0.267. The number of hydrogen-bond donors (Lipinski definition) is 3. The molecule has 0 spiro atoms. The molecule has 1 aromatic carbocycles. The zero-order valence-electron chi connectivity index (χ0n) is 12.2. The van der Waals surface area contributed by atoms with E-state index in [9.17, 15) is 14.4 Å². The van der Waals surface area contributed by atoms with Crippen molar-refractivity contribution in [2.24, 2.45) is 0 Å². The zero-order chi connectivity index (χ0) is 16.0. The summed E-state index contributed by atoms with van der Waals surface area (Å²) < 4.78 is 0. The fourth-order valence-corrected chi connectivity index (χ4v) is 1.56. The van der Waals surface area contributed by atoms with Gasteiger partial charge in [-0.05, 0) is 31.5 Å². The van der Waals surface area contributed by atoms with E-state index < -0.39 is 11.9 Å². The van der Waals surface area contributed by atoms with E-state index >= 15 is 0 Å². The molecule has 0 unspecified atom stereocenters. The number of benzene rings is 1. The van der Waals surface area contributed by atoms with E-state index in [-0.39, 0.29) is 23.6 Å². The van der Waals surface area contributed by atoms with Crippen molar-refractivity contribution in [1.29, 1.82) is 0 Å². The maximum absolute atomic E-state index is 11.8. The van der Waals surface area contributed by atoms with Crippen LogP contribution in [0.2, 0.25) is 0 Å². The fourth-order valence-electron chi connectivity index (χ4n) is 1.56. The molecule has 112 valence electrons. The van der Waals surface area contributed by atoms with Crippen LogP contribution in [0.5, 0.6) is 0 Å². The second kappa shape index (κ2) is 7.23. The number of aliphatic carboxylic acids is 1. The summed E-state index contributed by atoms with van der Waals surface area (Å²) in [5, 5.41) is 14.0. The Morgan fingerprint density at radius 1 is 1.05 bits per heavy atom. The van der Waals surface area contributed by atoms with Gasteiger partial charge in [-0.1, -0.05) is 12.1 Å². The molecule has 0 aromatic heterocycles. The van der Waals surface area contributed by atoms with Gasteiger partial charge in [-0.2, -0.15) is 0 Å². The van der Waals surface area contributed by atoms with Crippen molar-refractivity contribution in [1.82, 2.24) is 10.6 Å². The molecule has 0 heterocycles. The molecule has 3 N–H and O–H groups in total. The highest BCUT2D eigenvalue weighted by Gasteiger charge is 2.12. The number of carboxylic acids is 1. The van der Waals surface area contributed by atoms with Crippen molar-refractivity contribution in [3.8, 4) is 0 Å². The first-order valence-electron chi connectivity index (χ1n) is 6.36. The van der Waals surface area contributed by atoms with E-state index in [1.54, 1.807) is 31.3 Å². The molecule has 2 amide bonds. The lowest BCUT2D eigenvalue weighted by atomic mass is 10.1. The Labute approximate surface area is 122 Å². The Bertz CT molecular complexity index is 588. The van der Waals surface area contributed by atoms with Crippen LogP contribution in [0.25, 0.3) is 0 Å². The van der Waals surface area contributed by atoms with Crippen molar-refractivity contribution in [3.63, 3.8) is 0 Å². The minimum absolute atomic E-state index is 0.0162. The average Bonchev–Trinajstić information content (AvgIpc) is 2.50. The van der Waals surface area contributed by atoms with Gasteiger partial charge in [-0.15, -0.1) is 0 Å². The quantitative estimate of drug-likeness (QED) is 0.707. The molecule has 0 bridgehead atoms. The standard InChI is InChI=1S/C15H18N2O4/c1-9(10(2)15(20)21)13(18)17-8-11-4-6-12(7-5-11)14(19)16-3/h4-7H,8H2,1-3H3,(H,16,19)(H,17,18)(H,20,21). The molecular formula is C15H18N2O4. The van der Waals surface area contributed by atoms with Crippen LogP contribution in [0.3, 0.4) is 0 Å². The van der Waals surface area contributed by atoms with Crippen LogP contribution in [0.15, 0.2) is 35.4 Å². The molecule has 0 aliphatic carbocycles. The minimum Gasteiger partial charge on any atom is -0.478 e. The summed E-state index contributed by atoms with van der Waals surface area (Å²) in [6.45, 7) is 3.11. The first kappa shape index (κ1) is 16.4. The molecule has 21 heavy (non-hydrogen) atoms. The largest absolute Gasteiger partial charge is 0.478 e. The smallest absolute Gasteiger partial charge is 0.331 e. The topological polar surface area (TPSA) is 95.5 Å². The van der Waals surface area contributed by atoms with E-state index in [0.717, 1.165) is 5.56 Å². The summed E-state index contributed by atoms with van der Waals surface area (Å²) in [6.07, 6.45) is 0. The molecule has 1 rings (SSSR count). The summed E-state index contributed by atoms with van der Waals surface area (Å²) in [4.78, 5) is 33.9. The van der Waals surface area contributed by atoms with E-state index in [1.165, 1.54) is 13.8 Å². The minimum atomic E-state index is -1.11. The first-order chi connectivity index (χ1) is 9.86. The molecule has 0 saturated heterocycles. The number of carbonyl (C=O) groups excluding carboxylic acids is 2. The van der Waals surface area contributed by atoms with Crippen LogP contribution in [-0.4, -0.2) is 29.9 Å². The summed E-state index contributed by atoms with van der Waals surface area (Å²) in [6, 6.07) is 6.78. The highest BCUT2D eigenvalue weighted by atomic mass is 16.4. The van der Waals surface area contributed by atoms with Crippen molar-refractivity contribution in [2.75, 3.05) is 7.05 Å². The number of amides is 2. The summed E-state index contributed by atoms with van der Waals surface area (Å²) >= 11 is 0. The molecule has 0 saturated carbocycles. The van der Waals surface area contributed by atoms with Gasteiger partial charge >= 0.3 is 5.97 Å². The third kappa shape index (κ3) is 4.45. The van der Waals surface area contributed by atoms with Crippen LogP contribution in [0, 0.1) is 0 Å². The summed E-state index contributed by atoms with van der Waals surface area (Å²) in [5.74, 6) is -1.72. The van der Waals surface area contributed by atoms with Gasteiger partial charge in [0.05, 0.1) is 0 Å². The molecular weight excluding hydrogens is 272 g/mol. The van der Waals surface area contributed by atoms with E-state index in [2.05, 4.69) is 10.6 Å². The van der Waals surface area contributed by atoms with Gasteiger partial charge < -0.3 is 15.7 Å². The number of hydrogen-bond acceptors (Lipinski definition) is 3. The highest BCUT2D eigenvalue weighted by molar-refractivity contribution is 6.01. The van der Waals surface area contributed by atoms with Gasteiger partial charge in [0.2, 0.25) is 5.91 Å². The second-order valence-corrected chi connectivity index (χ2v) is 4.51. The van der Waals surface area contributed by atoms with Crippen LogP contribution in [0.4, 0.5) is 0 Å². The van der Waals surface area contributed by atoms with E-state index in [4.69, 9.17) is 5.11 Å². The van der Waals surface area contributed by atoms with E-state index in [1.807, 2.05) is 0 Å². The van der Waals surface area contributed by atoms with Crippen LogP contribution >= 0.6 is 0 Å². The van der Waals surface area contributed by atoms with Gasteiger partial charge in [-0.3, -0.25) is 9.59 Å². The molecule has 6 heteroatoms. The third-order valence-corrected chi connectivity index (χ3v) is 3.12. The van der Waals surface area contributed by atoms with E-state index in [0.29, 0.717) is 5.56 Å². The molecule has 0 radical (unpaired) electrons. The highest BCUT2D eigenvalue weighted by Crippen LogP contribution is 2.06. The Morgan fingerprint density at radius 2 is 1.62 bits per heavy atom. The maximum atomic E-state index is 11.8. The van der Waals surface area contributed by atoms with Gasteiger partial charge in [0, 0.05) is 30.3 Å². The van der Waals surface area contributed by atoms with Gasteiger partial charge in [-0.25, -0.2) is 4.79 Å². The number of nitrogens with one attached hydrogen (secondary N) is 2. The van der Waals surface area contributed by atoms with Gasteiger partial charge in [0.15, 0.2) is 0 Å². The number of carbonyl (C=O) groups is 3. The Morgan fingerprint density at radius 3 is 2.10 bits per heavy atom. The predicted octanol–water partition coefficient (Wildman–Crippen LogP) is 1.08. The Hall–Kier alpha value is -2.63. The summed E-state index contributed by atoms with van der Waals surface area (Å²) in [7, 11) is 1.55. The van der Waals surface area contributed by atoms with Crippen LogP contribution in [-0.2, 0) is 16.1 Å². The van der Waals surface area contributed by atoms with Crippen LogP contribution < -0.4 is 10.6 Å². The zero-order valence-corrected chi connectivity index (χ0v) is 12.2. The average molecular weight is 290 g/mol. The Balaban J connectivity index is 2.68. The summed E-state index contributed by atoms with van der Waals surface area (Å²) in [5.41, 5.74) is 1.54. The van der Waals surface area contributed by atoms with Gasteiger partial charge in [0.1, 0.15) is 0 Å². The maximum Gasteiger partial charge on any atom is 0.331 e. The molecule has 1 aromatic rings. The molecule has 0 aliphatic rings. The SMILES string of the molecule is CNC(=O)c1ccc(CNC(=O)C(C)=C(C)C(=O)O)cc1. The normalized spacial score (nSPS) is 11.4. The lowest BCUT2D eigenvalue weighted by Crippen LogP contribution is -2.25. The Kier molecular flexibility index (Phi) is 5.66. The second-order valence-electron chi connectivity index (χ2n) is 4.51.